The van der Waals surface area contributed by atoms with Gasteiger partial charge in [0.05, 0.1) is 14.2 Å². The Kier molecular flexibility index (Phi) is 3.49. The number of hydroxylamine groups is 2. The molecule has 1 aliphatic heterocycles. The van der Waals surface area contributed by atoms with Crippen LogP contribution in [-0.4, -0.2) is 38.3 Å². The Hall–Kier alpha value is -0.610. The molecule has 1 heterocycles. The van der Waals surface area contributed by atoms with Gasteiger partial charge in [-0.2, -0.15) is 5.06 Å². The number of methoxy groups -OCH3 is 1. The summed E-state index contributed by atoms with van der Waals surface area (Å²) in [4.78, 5) is 15.9. The van der Waals surface area contributed by atoms with E-state index in [4.69, 9.17) is 4.84 Å². The first-order valence-corrected chi connectivity index (χ1v) is 4.12. The number of rotatable bonds is 3. The average molecular weight is 173 g/mol. The first-order chi connectivity index (χ1) is 5.76. The molecule has 0 aromatic rings. The SMILES string of the molecule is COC(=O)CC1CCN(OC)C1. The lowest BCUT2D eigenvalue weighted by Gasteiger charge is -2.11. The highest BCUT2D eigenvalue weighted by atomic mass is 16.7. The predicted octanol–water partition coefficient (Wildman–Crippen LogP) is 0.433. The first-order valence-electron chi connectivity index (χ1n) is 4.12. The third-order valence-electron chi connectivity index (χ3n) is 2.19. The molecule has 0 aromatic heterocycles. The van der Waals surface area contributed by atoms with Gasteiger partial charge >= 0.3 is 5.97 Å². The second kappa shape index (κ2) is 4.42. The zero-order chi connectivity index (χ0) is 8.97. The molecule has 1 aliphatic rings. The molecule has 4 nitrogen and oxygen atoms in total. The maximum atomic E-state index is 10.9. The highest BCUT2D eigenvalue weighted by molar-refractivity contribution is 5.69. The van der Waals surface area contributed by atoms with E-state index in [0.717, 1.165) is 19.5 Å². The van der Waals surface area contributed by atoms with Crippen molar-refractivity contribution in [2.24, 2.45) is 5.92 Å². The van der Waals surface area contributed by atoms with Gasteiger partial charge in [0, 0.05) is 19.5 Å². The van der Waals surface area contributed by atoms with Gasteiger partial charge in [0.1, 0.15) is 0 Å². The van der Waals surface area contributed by atoms with Crippen molar-refractivity contribution in [3.8, 4) is 0 Å². The predicted molar refractivity (Wildman–Crippen MR) is 43.3 cm³/mol. The molecule has 0 aromatic carbocycles. The summed E-state index contributed by atoms with van der Waals surface area (Å²) in [5.41, 5.74) is 0. The molecule has 0 bridgehead atoms. The lowest BCUT2D eigenvalue weighted by Crippen LogP contribution is -2.19. The van der Waals surface area contributed by atoms with E-state index in [1.807, 2.05) is 5.06 Å². The van der Waals surface area contributed by atoms with Crippen molar-refractivity contribution < 1.29 is 14.4 Å². The fraction of sp³-hybridized carbons (Fsp3) is 0.875. The van der Waals surface area contributed by atoms with Crippen LogP contribution in [0.25, 0.3) is 0 Å². The Morgan fingerprint density at radius 3 is 2.83 bits per heavy atom. The van der Waals surface area contributed by atoms with Crippen LogP contribution >= 0.6 is 0 Å². The standard InChI is InChI=1S/C8H15NO3/c1-11-8(10)5-7-3-4-9(6-7)12-2/h7H,3-6H2,1-2H3. The highest BCUT2D eigenvalue weighted by Gasteiger charge is 2.24. The van der Waals surface area contributed by atoms with Gasteiger partial charge in [-0.15, -0.1) is 0 Å². The molecule has 0 N–H and O–H groups in total. The van der Waals surface area contributed by atoms with E-state index in [9.17, 15) is 4.79 Å². The summed E-state index contributed by atoms with van der Waals surface area (Å²) in [6, 6.07) is 0. The fourth-order valence-corrected chi connectivity index (χ4v) is 1.45. The minimum atomic E-state index is -0.127. The van der Waals surface area contributed by atoms with Crippen molar-refractivity contribution in [1.82, 2.24) is 5.06 Å². The fourth-order valence-electron chi connectivity index (χ4n) is 1.45. The number of ether oxygens (including phenoxy) is 1. The smallest absolute Gasteiger partial charge is 0.305 e. The maximum Gasteiger partial charge on any atom is 0.305 e. The summed E-state index contributed by atoms with van der Waals surface area (Å²) >= 11 is 0. The van der Waals surface area contributed by atoms with Crippen LogP contribution < -0.4 is 0 Å². The molecular formula is C8H15NO3. The minimum Gasteiger partial charge on any atom is -0.469 e. The molecule has 1 rings (SSSR count). The zero-order valence-electron chi connectivity index (χ0n) is 7.58. The molecule has 1 fully saturated rings. The van der Waals surface area contributed by atoms with Crippen molar-refractivity contribution in [2.75, 3.05) is 27.3 Å². The normalized spacial score (nSPS) is 24.3. The van der Waals surface area contributed by atoms with Crippen LogP contribution in [0.2, 0.25) is 0 Å². The number of carbonyl (C=O) groups is 1. The molecule has 4 heteroatoms. The quantitative estimate of drug-likeness (QED) is 0.580. The van der Waals surface area contributed by atoms with E-state index in [0.29, 0.717) is 12.3 Å². The van der Waals surface area contributed by atoms with Crippen LogP contribution in [0.3, 0.4) is 0 Å². The molecule has 12 heavy (non-hydrogen) atoms. The van der Waals surface area contributed by atoms with E-state index >= 15 is 0 Å². The average Bonchev–Trinajstić information content (AvgIpc) is 2.52. The lowest BCUT2D eigenvalue weighted by atomic mass is 10.1. The summed E-state index contributed by atoms with van der Waals surface area (Å²) in [6.07, 6.45) is 1.53. The minimum absolute atomic E-state index is 0.127. The van der Waals surface area contributed by atoms with E-state index in [-0.39, 0.29) is 5.97 Å². The van der Waals surface area contributed by atoms with E-state index in [1.54, 1.807) is 7.11 Å². The third-order valence-corrected chi connectivity index (χ3v) is 2.19. The van der Waals surface area contributed by atoms with Crippen molar-refractivity contribution >= 4 is 5.97 Å². The van der Waals surface area contributed by atoms with Crippen LogP contribution in [0.5, 0.6) is 0 Å². The number of nitrogens with zero attached hydrogens (tertiary/aromatic N) is 1. The maximum absolute atomic E-state index is 10.9. The molecule has 1 atom stereocenters. The number of hydrogen-bond donors (Lipinski definition) is 0. The molecule has 0 radical (unpaired) electrons. The summed E-state index contributed by atoms with van der Waals surface area (Å²) in [5.74, 6) is 0.273. The summed E-state index contributed by atoms with van der Waals surface area (Å²) < 4.78 is 4.58. The largest absolute Gasteiger partial charge is 0.469 e. The van der Waals surface area contributed by atoms with Crippen molar-refractivity contribution in [3.63, 3.8) is 0 Å². The van der Waals surface area contributed by atoms with Crippen LogP contribution in [-0.2, 0) is 14.4 Å². The van der Waals surface area contributed by atoms with Crippen LogP contribution in [0, 0.1) is 5.92 Å². The van der Waals surface area contributed by atoms with Crippen LogP contribution in [0.15, 0.2) is 0 Å². The molecule has 1 saturated heterocycles. The summed E-state index contributed by atoms with van der Waals surface area (Å²) in [5, 5.41) is 1.87. The van der Waals surface area contributed by atoms with Gasteiger partial charge in [-0.05, 0) is 12.3 Å². The van der Waals surface area contributed by atoms with Crippen molar-refractivity contribution in [1.29, 1.82) is 0 Å². The Balaban J connectivity index is 2.23. The van der Waals surface area contributed by atoms with Gasteiger partial charge in [-0.3, -0.25) is 4.79 Å². The molecule has 1 unspecified atom stereocenters. The molecule has 0 amide bonds. The molecule has 0 spiro atoms. The highest BCUT2D eigenvalue weighted by Crippen LogP contribution is 2.19. The van der Waals surface area contributed by atoms with Gasteiger partial charge in [-0.25, -0.2) is 0 Å². The molecule has 0 aliphatic carbocycles. The number of esters is 1. The van der Waals surface area contributed by atoms with Crippen molar-refractivity contribution in [3.05, 3.63) is 0 Å². The van der Waals surface area contributed by atoms with Crippen molar-refractivity contribution in [2.45, 2.75) is 12.8 Å². The third kappa shape index (κ3) is 2.46. The number of hydrogen-bond acceptors (Lipinski definition) is 4. The second-order valence-electron chi connectivity index (χ2n) is 3.01. The Morgan fingerprint density at radius 1 is 1.58 bits per heavy atom. The van der Waals surface area contributed by atoms with E-state index < -0.39 is 0 Å². The Morgan fingerprint density at radius 2 is 2.33 bits per heavy atom. The van der Waals surface area contributed by atoms with E-state index in [1.165, 1.54) is 7.11 Å². The summed E-state index contributed by atoms with van der Waals surface area (Å²) in [6.45, 7) is 1.75. The number of carbonyl (C=O) groups excluding carboxylic acids is 1. The van der Waals surface area contributed by atoms with Gasteiger partial charge in [0.15, 0.2) is 0 Å². The van der Waals surface area contributed by atoms with Crippen LogP contribution in [0.4, 0.5) is 0 Å². The second-order valence-corrected chi connectivity index (χ2v) is 3.01. The Bertz CT molecular complexity index is 160. The zero-order valence-corrected chi connectivity index (χ0v) is 7.58. The van der Waals surface area contributed by atoms with Gasteiger partial charge in [0.25, 0.3) is 0 Å². The summed E-state index contributed by atoms with van der Waals surface area (Å²) in [7, 11) is 3.08. The molecule has 70 valence electrons. The lowest BCUT2D eigenvalue weighted by molar-refractivity contribution is -0.142. The van der Waals surface area contributed by atoms with Gasteiger partial charge < -0.3 is 9.57 Å². The van der Waals surface area contributed by atoms with Gasteiger partial charge in [0.2, 0.25) is 0 Å². The molecule has 0 saturated carbocycles. The van der Waals surface area contributed by atoms with Crippen LogP contribution in [0.1, 0.15) is 12.8 Å². The first kappa shape index (κ1) is 9.48. The molecular weight excluding hydrogens is 158 g/mol. The monoisotopic (exact) mass is 173 g/mol. The van der Waals surface area contributed by atoms with E-state index in [2.05, 4.69) is 4.74 Å². The van der Waals surface area contributed by atoms with Gasteiger partial charge in [-0.1, -0.05) is 0 Å². The topological polar surface area (TPSA) is 38.8 Å². The Labute approximate surface area is 72.4 Å².